The first-order chi connectivity index (χ1) is 9.87. The van der Waals surface area contributed by atoms with Crippen molar-refractivity contribution in [3.63, 3.8) is 0 Å². The highest BCUT2D eigenvalue weighted by Crippen LogP contribution is 2.37. The third-order valence-corrected chi connectivity index (χ3v) is 5.41. The van der Waals surface area contributed by atoms with Crippen LogP contribution in [0.1, 0.15) is 24.0 Å². The summed E-state index contributed by atoms with van der Waals surface area (Å²) in [6.07, 6.45) is 8.45. The largest absolute Gasteiger partial charge is 0.353 e. The molecule has 2 aromatic rings. The maximum atomic E-state index is 3.58. The molecule has 0 amide bonds. The molecule has 104 valence electrons. The van der Waals surface area contributed by atoms with Crippen LogP contribution in [-0.4, -0.2) is 15.9 Å². The van der Waals surface area contributed by atoms with Crippen LogP contribution in [0.3, 0.4) is 0 Å². The Labute approximate surface area is 124 Å². The van der Waals surface area contributed by atoms with Gasteiger partial charge in [-0.15, -0.1) is 11.8 Å². The molecular formula is C17H20N2S. The second-order valence-corrected chi connectivity index (χ2v) is 7.27. The monoisotopic (exact) mass is 284 g/mol. The van der Waals surface area contributed by atoms with Gasteiger partial charge in [-0.2, -0.15) is 0 Å². The van der Waals surface area contributed by atoms with Crippen molar-refractivity contribution in [2.24, 2.45) is 0 Å². The molecule has 3 heteroatoms. The van der Waals surface area contributed by atoms with Gasteiger partial charge in [0.2, 0.25) is 0 Å². The average molecular weight is 284 g/mol. The molecule has 2 heterocycles. The van der Waals surface area contributed by atoms with Crippen LogP contribution in [0.4, 0.5) is 0 Å². The molecule has 1 unspecified atom stereocenters. The lowest BCUT2D eigenvalue weighted by atomic mass is 10.1. The smallest absolute Gasteiger partial charge is 0.0345 e. The zero-order chi connectivity index (χ0) is 13.4. The molecule has 1 saturated carbocycles. The predicted molar refractivity (Wildman–Crippen MR) is 84.1 cm³/mol. The molecule has 4 rings (SSSR count). The summed E-state index contributed by atoms with van der Waals surface area (Å²) in [4.78, 5) is 1.47. The SMILES string of the molecule is c1ccc2c(c1)CC(Cn1ccc(CNC3CC3)c1)S2. The Bertz CT molecular complexity index is 576. The maximum absolute atomic E-state index is 3.58. The lowest BCUT2D eigenvalue weighted by Gasteiger charge is -2.09. The van der Waals surface area contributed by atoms with Gasteiger partial charge in [-0.1, -0.05) is 18.2 Å². The normalized spacial score (nSPS) is 21.1. The number of hydrogen-bond donors (Lipinski definition) is 1. The molecule has 0 bridgehead atoms. The number of fused-ring (bicyclic) bond motifs is 1. The fourth-order valence-corrected chi connectivity index (χ4v) is 4.18. The number of nitrogens with zero attached hydrogens (tertiary/aromatic N) is 1. The molecule has 1 aliphatic carbocycles. The fraction of sp³-hybridized carbons (Fsp3) is 0.412. The summed E-state index contributed by atoms with van der Waals surface area (Å²) in [5.41, 5.74) is 2.93. The first kappa shape index (κ1) is 12.5. The van der Waals surface area contributed by atoms with Crippen molar-refractivity contribution in [2.45, 2.75) is 48.5 Å². The molecule has 2 nitrogen and oxygen atoms in total. The van der Waals surface area contributed by atoms with Crippen molar-refractivity contribution < 1.29 is 0 Å². The summed E-state index contributed by atoms with van der Waals surface area (Å²) in [6.45, 7) is 2.14. The van der Waals surface area contributed by atoms with E-state index in [9.17, 15) is 0 Å². The van der Waals surface area contributed by atoms with Crippen molar-refractivity contribution in [1.29, 1.82) is 0 Å². The molecule has 1 aromatic heterocycles. The second-order valence-electron chi connectivity index (χ2n) is 5.92. The molecule has 1 aromatic carbocycles. The summed E-state index contributed by atoms with van der Waals surface area (Å²) < 4.78 is 2.35. The molecule has 0 radical (unpaired) electrons. The lowest BCUT2D eigenvalue weighted by molar-refractivity contribution is 0.657. The zero-order valence-electron chi connectivity index (χ0n) is 11.6. The van der Waals surface area contributed by atoms with Crippen LogP contribution in [-0.2, 0) is 19.5 Å². The summed E-state index contributed by atoms with van der Waals surface area (Å²) in [6, 6.07) is 11.9. The van der Waals surface area contributed by atoms with Crippen molar-refractivity contribution in [3.8, 4) is 0 Å². The number of thioether (sulfide) groups is 1. The summed E-state index contributed by atoms with van der Waals surface area (Å²) in [7, 11) is 0. The van der Waals surface area contributed by atoms with E-state index in [1.54, 1.807) is 0 Å². The highest BCUT2D eigenvalue weighted by molar-refractivity contribution is 8.00. The van der Waals surface area contributed by atoms with Gasteiger partial charge < -0.3 is 9.88 Å². The first-order valence-corrected chi connectivity index (χ1v) is 8.37. The number of rotatable bonds is 5. The Balaban J connectivity index is 1.35. The van der Waals surface area contributed by atoms with Gasteiger partial charge in [-0.3, -0.25) is 0 Å². The molecular weight excluding hydrogens is 264 g/mol. The number of hydrogen-bond acceptors (Lipinski definition) is 2. The Morgan fingerprint density at radius 3 is 2.95 bits per heavy atom. The van der Waals surface area contributed by atoms with Crippen LogP contribution in [0.2, 0.25) is 0 Å². The minimum Gasteiger partial charge on any atom is -0.353 e. The topological polar surface area (TPSA) is 17.0 Å². The molecule has 1 atom stereocenters. The third kappa shape index (κ3) is 2.79. The van der Waals surface area contributed by atoms with E-state index in [0.717, 1.165) is 19.1 Å². The Hall–Kier alpha value is -1.19. The summed E-state index contributed by atoms with van der Waals surface area (Å²) >= 11 is 2.03. The predicted octanol–water partition coefficient (Wildman–Crippen LogP) is 3.46. The number of benzene rings is 1. The van der Waals surface area contributed by atoms with Gasteiger partial charge in [0.25, 0.3) is 0 Å². The zero-order valence-corrected chi connectivity index (χ0v) is 12.4. The van der Waals surface area contributed by atoms with E-state index in [1.165, 1.54) is 35.3 Å². The van der Waals surface area contributed by atoms with Gasteiger partial charge >= 0.3 is 0 Å². The molecule has 1 fully saturated rings. The quantitative estimate of drug-likeness (QED) is 0.905. The van der Waals surface area contributed by atoms with Gasteiger partial charge in [0, 0.05) is 41.7 Å². The average Bonchev–Trinajstić information content (AvgIpc) is 3.04. The van der Waals surface area contributed by atoms with Crippen LogP contribution in [0, 0.1) is 0 Å². The van der Waals surface area contributed by atoms with Gasteiger partial charge in [-0.25, -0.2) is 0 Å². The first-order valence-electron chi connectivity index (χ1n) is 7.49. The van der Waals surface area contributed by atoms with E-state index < -0.39 is 0 Å². The van der Waals surface area contributed by atoms with E-state index in [4.69, 9.17) is 0 Å². The number of aromatic nitrogens is 1. The van der Waals surface area contributed by atoms with E-state index >= 15 is 0 Å². The summed E-state index contributed by atoms with van der Waals surface area (Å²) in [5.74, 6) is 0. The molecule has 1 aliphatic heterocycles. The molecule has 0 spiro atoms. The van der Waals surface area contributed by atoms with Crippen molar-refractivity contribution in [3.05, 3.63) is 53.9 Å². The van der Waals surface area contributed by atoms with Crippen LogP contribution >= 0.6 is 11.8 Å². The fourth-order valence-electron chi connectivity index (χ4n) is 2.85. The third-order valence-electron chi connectivity index (χ3n) is 4.11. The number of nitrogens with one attached hydrogen (secondary N) is 1. The lowest BCUT2D eigenvalue weighted by Crippen LogP contribution is -2.15. The Morgan fingerprint density at radius 1 is 1.20 bits per heavy atom. The van der Waals surface area contributed by atoms with Gasteiger partial charge in [0.05, 0.1) is 0 Å². The highest BCUT2D eigenvalue weighted by Gasteiger charge is 2.22. The highest BCUT2D eigenvalue weighted by atomic mass is 32.2. The minimum absolute atomic E-state index is 0.684. The molecule has 0 saturated heterocycles. The minimum atomic E-state index is 0.684. The van der Waals surface area contributed by atoms with Gasteiger partial charge in [-0.05, 0) is 42.5 Å². The van der Waals surface area contributed by atoms with E-state index in [1.807, 2.05) is 11.8 Å². The van der Waals surface area contributed by atoms with Crippen molar-refractivity contribution >= 4 is 11.8 Å². The van der Waals surface area contributed by atoms with Crippen LogP contribution < -0.4 is 5.32 Å². The maximum Gasteiger partial charge on any atom is 0.0345 e. The summed E-state index contributed by atoms with van der Waals surface area (Å²) in [5, 5.41) is 4.26. The van der Waals surface area contributed by atoms with E-state index in [-0.39, 0.29) is 0 Å². The van der Waals surface area contributed by atoms with Crippen LogP contribution in [0.15, 0.2) is 47.6 Å². The second kappa shape index (κ2) is 5.30. The van der Waals surface area contributed by atoms with Crippen molar-refractivity contribution in [2.75, 3.05) is 0 Å². The van der Waals surface area contributed by atoms with E-state index in [0.29, 0.717) is 5.25 Å². The van der Waals surface area contributed by atoms with Crippen LogP contribution in [0.25, 0.3) is 0 Å². The van der Waals surface area contributed by atoms with Crippen molar-refractivity contribution in [1.82, 2.24) is 9.88 Å². The Kier molecular flexibility index (Phi) is 3.32. The Morgan fingerprint density at radius 2 is 2.10 bits per heavy atom. The molecule has 2 aliphatic rings. The van der Waals surface area contributed by atoms with Gasteiger partial charge in [0.15, 0.2) is 0 Å². The van der Waals surface area contributed by atoms with Gasteiger partial charge in [0.1, 0.15) is 0 Å². The standard InChI is InChI=1S/C17H20N2S/c1-2-4-17-14(3-1)9-16(20-17)12-19-8-7-13(11-19)10-18-15-5-6-15/h1-4,7-8,11,15-16,18H,5-6,9-10,12H2. The molecule has 1 N–H and O–H groups in total. The van der Waals surface area contributed by atoms with E-state index in [2.05, 4.69) is 52.6 Å². The van der Waals surface area contributed by atoms with Crippen LogP contribution in [0.5, 0.6) is 0 Å². The molecule has 20 heavy (non-hydrogen) atoms.